The second kappa shape index (κ2) is 5.83. The first-order valence-electron chi connectivity index (χ1n) is 6.00. The highest BCUT2D eigenvalue weighted by Crippen LogP contribution is 2.36. The monoisotopic (exact) mass is 300 g/mol. The third-order valence-corrected chi connectivity index (χ3v) is 5.41. The van der Waals surface area contributed by atoms with Crippen molar-refractivity contribution in [2.24, 2.45) is 0 Å². The number of carbonyl (C=O) groups is 2. The first-order chi connectivity index (χ1) is 9.00. The summed E-state index contributed by atoms with van der Waals surface area (Å²) in [5.41, 5.74) is 0.126. The molecular formula is C12H16N2O3S2. The number of carboxylic acids is 1. The Labute approximate surface area is 119 Å². The molecule has 1 aliphatic heterocycles. The van der Waals surface area contributed by atoms with Gasteiger partial charge in [-0.05, 0) is 37.0 Å². The van der Waals surface area contributed by atoms with Crippen molar-refractivity contribution in [3.05, 3.63) is 17.0 Å². The smallest absolute Gasteiger partial charge is 0.338 e. The van der Waals surface area contributed by atoms with Crippen molar-refractivity contribution in [1.29, 1.82) is 0 Å². The lowest BCUT2D eigenvalue weighted by molar-refractivity contribution is 0.0698. The molecule has 0 aromatic carbocycles. The molecule has 1 aromatic rings. The minimum Gasteiger partial charge on any atom is -0.478 e. The van der Waals surface area contributed by atoms with Gasteiger partial charge in [0.05, 0.1) is 5.56 Å². The average Bonchev–Trinajstić information content (AvgIpc) is 2.96. The normalized spacial score (nSPS) is 22.2. The molecule has 104 valence electrons. The van der Waals surface area contributed by atoms with Gasteiger partial charge < -0.3 is 10.4 Å². The third kappa shape index (κ3) is 3.63. The topological polar surface area (TPSA) is 78.4 Å². The molecule has 7 heteroatoms. The van der Waals surface area contributed by atoms with Crippen molar-refractivity contribution < 1.29 is 14.7 Å². The third-order valence-electron chi connectivity index (χ3n) is 3.05. The van der Waals surface area contributed by atoms with E-state index < -0.39 is 5.97 Å². The van der Waals surface area contributed by atoms with Crippen LogP contribution in [-0.4, -0.2) is 34.2 Å². The van der Waals surface area contributed by atoms with Crippen LogP contribution in [0.5, 0.6) is 0 Å². The Bertz CT molecular complexity index is 481. The Kier molecular flexibility index (Phi) is 4.36. The Balaban J connectivity index is 1.87. The van der Waals surface area contributed by atoms with Crippen LogP contribution < -0.4 is 10.6 Å². The molecule has 5 nitrogen and oxygen atoms in total. The highest BCUT2D eigenvalue weighted by Gasteiger charge is 2.29. The molecule has 1 unspecified atom stereocenters. The van der Waals surface area contributed by atoms with E-state index in [9.17, 15) is 9.59 Å². The maximum Gasteiger partial charge on any atom is 0.338 e. The average molecular weight is 300 g/mol. The van der Waals surface area contributed by atoms with Crippen LogP contribution in [0.1, 0.15) is 30.1 Å². The van der Waals surface area contributed by atoms with E-state index in [1.165, 1.54) is 23.8 Å². The van der Waals surface area contributed by atoms with E-state index >= 15 is 0 Å². The molecule has 1 fully saturated rings. The predicted molar refractivity (Wildman–Crippen MR) is 78.4 cm³/mol. The standard InChI is InChI=1S/C12H16N2O3S2/c1-12(4-2-5-19-12)7-13-11(17)14-9-8(10(15)16)3-6-18-9/h3,6H,2,4-5,7H2,1H3,(H,15,16)(H2,13,14,17). The summed E-state index contributed by atoms with van der Waals surface area (Å²) in [6.45, 7) is 2.73. The molecule has 2 amide bonds. The van der Waals surface area contributed by atoms with Crippen LogP contribution in [-0.2, 0) is 0 Å². The number of hydrogen-bond donors (Lipinski definition) is 3. The lowest BCUT2D eigenvalue weighted by atomic mass is 10.1. The van der Waals surface area contributed by atoms with Gasteiger partial charge in [-0.2, -0.15) is 11.8 Å². The van der Waals surface area contributed by atoms with Crippen LogP contribution in [0, 0.1) is 0 Å². The largest absolute Gasteiger partial charge is 0.478 e. The molecule has 0 spiro atoms. The maximum atomic E-state index is 11.8. The van der Waals surface area contributed by atoms with Crippen molar-refractivity contribution >= 4 is 40.1 Å². The van der Waals surface area contributed by atoms with Crippen LogP contribution in [0.3, 0.4) is 0 Å². The van der Waals surface area contributed by atoms with Gasteiger partial charge in [0.15, 0.2) is 0 Å². The van der Waals surface area contributed by atoms with Crippen LogP contribution >= 0.6 is 23.1 Å². The molecule has 0 aliphatic carbocycles. The van der Waals surface area contributed by atoms with E-state index in [2.05, 4.69) is 17.6 Å². The summed E-state index contributed by atoms with van der Waals surface area (Å²) in [6, 6.07) is 1.13. The van der Waals surface area contributed by atoms with E-state index in [0.29, 0.717) is 11.5 Å². The van der Waals surface area contributed by atoms with Crippen LogP contribution in [0.4, 0.5) is 9.80 Å². The molecule has 1 aliphatic rings. The number of hydrogen-bond acceptors (Lipinski definition) is 4. The summed E-state index contributed by atoms with van der Waals surface area (Å²) in [6.07, 6.45) is 2.27. The van der Waals surface area contributed by atoms with Crippen molar-refractivity contribution in [2.75, 3.05) is 17.6 Å². The molecular weight excluding hydrogens is 284 g/mol. The Morgan fingerprint density at radius 3 is 2.95 bits per heavy atom. The number of carboxylic acid groups (broad SMARTS) is 1. The molecule has 19 heavy (non-hydrogen) atoms. The summed E-state index contributed by atoms with van der Waals surface area (Å²) >= 11 is 3.07. The van der Waals surface area contributed by atoms with Crippen LogP contribution in [0.15, 0.2) is 11.4 Å². The fraction of sp³-hybridized carbons (Fsp3) is 0.500. The van der Waals surface area contributed by atoms with Gasteiger partial charge in [0.1, 0.15) is 5.00 Å². The van der Waals surface area contributed by atoms with Gasteiger partial charge in [-0.1, -0.05) is 0 Å². The van der Waals surface area contributed by atoms with Crippen molar-refractivity contribution in [2.45, 2.75) is 24.5 Å². The lowest BCUT2D eigenvalue weighted by Gasteiger charge is -2.22. The number of amides is 2. The molecule has 2 rings (SSSR count). The number of thioether (sulfide) groups is 1. The van der Waals surface area contributed by atoms with Gasteiger partial charge in [0.25, 0.3) is 0 Å². The summed E-state index contributed by atoms with van der Waals surface area (Å²) in [4.78, 5) is 22.7. The van der Waals surface area contributed by atoms with E-state index in [0.717, 1.165) is 12.2 Å². The molecule has 2 heterocycles. The number of aromatic carboxylic acids is 1. The molecule has 1 aromatic heterocycles. The number of thiophene rings is 1. The fourth-order valence-electron chi connectivity index (χ4n) is 1.97. The first-order valence-corrected chi connectivity index (χ1v) is 7.86. The zero-order valence-corrected chi connectivity index (χ0v) is 12.2. The number of urea groups is 1. The SMILES string of the molecule is CC1(CNC(=O)Nc2sccc2C(=O)O)CCCS1. The van der Waals surface area contributed by atoms with Gasteiger partial charge in [-0.3, -0.25) is 5.32 Å². The minimum atomic E-state index is -1.03. The molecule has 1 atom stereocenters. The molecule has 0 radical (unpaired) electrons. The van der Waals surface area contributed by atoms with Crippen molar-refractivity contribution in [3.63, 3.8) is 0 Å². The Morgan fingerprint density at radius 2 is 2.32 bits per heavy atom. The molecule has 3 N–H and O–H groups in total. The Hall–Kier alpha value is -1.21. The van der Waals surface area contributed by atoms with Gasteiger partial charge in [0, 0.05) is 11.3 Å². The molecule has 1 saturated heterocycles. The van der Waals surface area contributed by atoms with Crippen molar-refractivity contribution in [1.82, 2.24) is 5.32 Å². The van der Waals surface area contributed by atoms with Gasteiger partial charge in [0.2, 0.25) is 0 Å². The zero-order chi connectivity index (χ0) is 13.9. The van der Waals surface area contributed by atoms with E-state index in [4.69, 9.17) is 5.11 Å². The number of carbonyl (C=O) groups excluding carboxylic acids is 1. The molecule has 0 saturated carbocycles. The minimum absolute atomic E-state index is 0.0996. The van der Waals surface area contributed by atoms with E-state index in [-0.39, 0.29) is 16.3 Å². The van der Waals surface area contributed by atoms with E-state index in [1.54, 1.807) is 5.38 Å². The van der Waals surface area contributed by atoms with Crippen LogP contribution in [0.2, 0.25) is 0 Å². The lowest BCUT2D eigenvalue weighted by Crippen LogP contribution is -2.39. The summed E-state index contributed by atoms with van der Waals surface area (Å²) < 4.78 is 0.0996. The van der Waals surface area contributed by atoms with Gasteiger partial charge >= 0.3 is 12.0 Å². The predicted octanol–water partition coefficient (Wildman–Crippen LogP) is 2.85. The quantitative estimate of drug-likeness (QED) is 0.799. The van der Waals surface area contributed by atoms with Gasteiger partial charge in [-0.25, -0.2) is 9.59 Å². The Morgan fingerprint density at radius 1 is 1.53 bits per heavy atom. The highest BCUT2D eigenvalue weighted by atomic mass is 32.2. The molecule has 0 bridgehead atoms. The fourth-order valence-corrected chi connectivity index (χ4v) is 3.98. The van der Waals surface area contributed by atoms with Gasteiger partial charge in [-0.15, -0.1) is 11.3 Å². The second-order valence-electron chi connectivity index (χ2n) is 4.68. The summed E-state index contributed by atoms with van der Waals surface area (Å²) in [7, 11) is 0. The van der Waals surface area contributed by atoms with E-state index in [1.807, 2.05) is 11.8 Å². The second-order valence-corrected chi connectivity index (χ2v) is 7.28. The number of rotatable bonds is 4. The number of anilines is 1. The first kappa shape index (κ1) is 14.2. The highest BCUT2D eigenvalue weighted by molar-refractivity contribution is 8.00. The van der Waals surface area contributed by atoms with Crippen LogP contribution in [0.25, 0.3) is 0 Å². The maximum absolute atomic E-state index is 11.8. The summed E-state index contributed by atoms with van der Waals surface area (Å²) in [5, 5.41) is 16.4. The van der Waals surface area contributed by atoms with Crippen molar-refractivity contribution in [3.8, 4) is 0 Å². The number of nitrogens with one attached hydrogen (secondary N) is 2. The zero-order valence-electron chi connectivity index (χ0n) is 10.6. The summed E-state index contributed by atoms with van der Waals surface area (Å²) in [5.74, 6) is 0.100.